The van der Waals surface area contributed by atoms with E-state index in [0.717, 1.165) is 16.5 Å². The van der Waals surface area contributed by atoms with Gasteiger partial charge in [-0.15, -0.1) is 0 Å². The van der Waals surface area contributed by atoms with Gasteiger partial charge in [-0.25, -0.2) is 4.98 Å². The summed E-state index contributed by atoms with van der Waals surface area (Å²) < 4.78 is 5.15. The van der Waals surface area contributed by atoms with E-state index in [4.69, 9.17) is 4.74 Å². The van der Waals surface area contributed by atoms with E-state index >= 15 is 0 Å². The van der Waals surface area contributed by atoms with Gasteiger partial charge in [-0.1, -0.05) is 6.58 Å². The number of aromatic nitrogens is 1. The van der Waals surface area contributed by atoms with Crippen LogP contribution in [0.2, 0.25) is 0 Å². The minimum atomic E-state index is -0.231. The molecule has 1 aromatic heterocycles. The molecule has 0 atom stereocenters. The van der Waals surface area contributed by atoms with Crippen molar-refractivity contribution < 1.29 is 9.53 Å². The van der Waals surface area contributed by atoms with Crippen LogP contribution < -0.4 is 10.1 Å². The van der Waals surface area contributed by atoms with Crippen molar-refractivity contribution in [1.82, 2.24) is 4.98 Å². The summed E-state index contributed by atoms with van der Waals surface area (Å²) in [4.78, 5) is 15.3. The van der Waals surface area contributed by atoms with Crippen molar-refractivity contribution in [2.75, 3.05) is 12.4 Å². The number of carbonyl (C=O) groups is 1. The smallest absolute Gasteiger partial charge is 0.247 e. The quantitative estimate of drug-likeness (QED) is 0.820. The molecule has 86 valence electrons. The van der Waals surface area contributed by atoms with Crippen LogP contribution in [0.15, 0.2) is 43.1 Å². The van der Waals surface area contributed by atoms with E-state index < -0.39 is 0 Å². The first-order chi connectivity index (χ1) is 8.24. The molecule has 2 aromatic rings. The van der Waals surface area contributed by atoms with E-state index in [0.29, 0.717) is 5.88 Å². The lowest BCUT2D eigenvalue weighted by Gasteiger charge is -2.06. The molecule has 0 bridgehead atoms. The molecular formula is C13H12N2O2. The number of amides is 1. The summed E-state index contributed by atoms with van der Waals surface area (Å²) >= 11 is 0. The van der Waals surface area contributed by atoms with Gasteiger partial charge in [0.15, 0.2) is 0 Å². The Kier molecular flexibility index (Phi) is 3.05. The molecule has 0 fully saturated rings. The van der Waals surface area contributed by atoms with Gasteiger partial charge >= 0.3 is 0 Å². The summed E-state index contributed by atoms with van der Waals surface area (Å²) in [5, 5.41) is 4.57. The number of nitrogens with zero attached hydrogens (tertiary/aromatic N) is 1. The lowest BCUT2D eigenvalue weighted by atomic mass is 10.1. The number of ether oxygens (including phenoxy) is 1. The third-order valence-corrected chi connectivity index (χ3v) is 2.37. The fraction of sp³-hybridized carbons (Fsp3) is 0.0769. The third-order valence-electron chi connectivity index (χ3n) is 2.37. The molecule has 4 nitrogen and oxygen atoms in total. The molecule has 0 spiro atoms. The molecule has 0 saturated carbocycles. The van der Waals surface area contributed by atoms with Crippen LogP contribution in [0.1, 0.15) is 0 Å². The average molecular weight is 228 g/mol. The molecule has 0 aliphatic carbocycles. The maximum absolute atomic E-state index is 11.2. The van der Waals surface area contributed by atoms with E-state index in [1.165, 1.54) is 6.08 Å². The molecule has 0 aliphatic heterocycles. The highest BCUT2D eigenvalue weighted by Crippen LogP contribution is 2.25. The number of pyridine rings is 1. The zero-order chi connectivity index (χ0) is 12.3. The Morgan fingerprint density at radius 2 is 2.29 bits per heavy atom. The Bertz CT molecular complexity index is 579. The molecule has 17 heavy (non-hydrogen) atoms. The van der Waals surface area contributed by atoms with Crippen molar-refractivity contribution in [2.45, 2.75) is 0 Å². The summed E-state index contributed by atoms with van der Waals surface area (Å²) in [5.74, 6) is 0.342. The minimum Gasteiger partial charge on any atom is -0.481 e. The van der Waals surface area contributed by atoms with Gasteiger partial charge in [0.1, 0.15) is 0 Å². The molecule has 0 radical (unpaired) electrons. The molecule has 1 aromatic carbocycles. The Hall–Kier alpha value is -2.36. The van der Waals surface area contributed by atoms with Gasteiger partial charge in [0.25, 0.3) is 0 Å². The zero-order valence-electron chi connectivity index (χ0n) is 9.43. The van der Waals surface area contributed by atoms with E-state index in [2.05, 4.69) is 16.9 Å². The first-order valence-electron chi connectivity index (χ1n) is 5.11. The average Bonchev–Trinajstić information content (AvgIpc) is 2.37. The van der Waals surface area contributed by atoms with Crippen LogP contribution in [0.5, 0.6) is 5.88 Å². The number of hydrogen-bond acceptors (Lipinski definition) is 3. The lowest BCUT2D eigenvalue weighted by Crippen LogP contribution is -2.06. The van der Waals surface area contributed by atoms with Gasteiger partial charge in [-0.05, 0) is 35.7 Å². The Balaban J connectivity index is 2.44. The van der Waals surface area contributed by atoms with E-state index in [9.17, 15) is 4.79 Å². The molecule has 2 rings (SSSR count). The van der Waals surface area contributed by atoms with Gasteiger partial charge in [0.05, 0.1) is 7.11 Å². The number of carbonyl (C=O) groups excluding carboxylic acids is 1. The summed E-state index contributed by atoms with van der Waals surface area (Å²) in [6.45, 7) is 3.40. The Morgan fingerprint density at radius 1 is 1.47 bits per heavy atom. The second-order valence-electron chi connectivity index (χ2n) is 3.45. The lowest BCUT2D eigenvalue weighted by molar-refractivity contribution is -0.111. The number of fused-ring (bicyclic) bond motifs is 1. The van der Waals surface area contributed by atoms with Gasteiger partial charge in [-0.2, -0.15) is 0 Å². The standard InChI is InChI=1S/C13H12N2O2/c1-3-12(16)15-10-4-5-11-9(8-10)6-7-14-13(11)17-2/h3-8H,1H2,2H3,(H,15,16). The van der Waals surface area contributed by atoms with Gasteiger partial charge in [0, 0.05) is 17.3 Å². The molecular weight excluding hydrogens is 216 g/mol. The van der Waals surface area contributed by atoms with E-state index in [-0.39, 0.29) is 5.91 Å². The van der Waals surface area contributed by atoms with Crippen LogP contribution in [0.3, 0.4) is 0 Å². The number of anilines is 1. The number of nitrogens with one attached hydrogen (secondary N) is 1. The molecule has 4 heteroatoms. The predicted molar refractivity (Wildman–Crippen MR) is 67.1 cm³/mol. The van der Waals surface area contributed by atoms with Crippen LogP contribution in [0.25, 0.3) is 10.8 Å². The van der Waals surface area contributed by atoms with Crippen molar-refractivity contribution in [3.8, 4) is 5.88 Å². The van der Waals surface area contributed by atoms with Crippen LogP contribution >= 0.6 is 0 Å². The Morgan fingerprint density at radius 3 is 3.00 bits per heavy atom. The SMILES string of the molecule is C=CC(=O)Nc1ccc2c(OC)nccc2c1. The van der Waals surface area contributed by atoms with Crippen molar-refractivity contribution in [3.63, 3.8) is 0 Å². The van der Waals surface area contributed by atoms with Crippen LogP contribution in [0, 0.1) is 0 Å². The largest absolute Gasteiger partial charge is 0.481 e. The van der Waals surface area contributed by atoms with Crippen molar-refractivity contribution in [2.24, 2.45) is 0 Å². The molecule has 1 heterocycles. The summed E-state index contributed by atoms with van der Waals surface area (Å²) in [6, 6.07) is 7.39. The van der Waals surface area contributed by atoms with Gasteiger partial charge in [-0.3, -0.25) is 4.79 Å². The highest BCUT2D eigenvalue weighted by Gasteiger charge is 2.04. The monoisotopic (exact) mass is 228 g/mol. The third kappa shape index (κ3) is 2.25. The normalized spacial score (nSPS) is 9.94. The van der Waals surface area contributed by atoms with Crippen LogP contribution in [0.4, 0.5) is 5.69 Å². The highest BCUT2D eigenvalue weighted by molar-refractivity contribution is 6.00. The minimum absolute atomic E-state index is 0.231. The van der Waals surface area contributed by atoms with Crippen LogP contribution in [-0.4, -0.2) is 18.0 Å². The maximum atomic E-state index is 11.2. The molecule has 1 amide bonds. The fourth-order valence-corrected chi connectivity index (χ4v) is 1.58. The van der Waals surface area contributed by atoms with E-state index in [1.807, 2.05) is 18.2 Å². The van der Waals surface area contributed by atoms with E-state index in [1.54, 1.807) is 19.4 Å². The Labute approximate surface area is 98.9 Å². The number of hydrogen-bond donors (Lipinski definition) is 1. The first-order valence-corrected chi connectivity index (χ1v) is 5.11. The molecule has 1 N–H and O–H groups in total. The van der Waals surface area contributed by atoms with Gasteiger partial charge < -0.3 is 10.1 Å². The van der Waals surface area contributed by atoms with Crippen molar-refractivity contribution in [3.05, 3.63) is 43.1 Å². The summed E-state index contributed by atoms with van der Waals surface area (Å²) in [6.07, 6.45) is 2.90. The second-order valence-corrected chi connectivity index (χ2v) is 3.45. The second kappa shape index (κ2) is 4.65. The topological polar surface area (TPSA) is 51.2 Å². The maximum Gasteiger partial charge on any atom is 0.247 e. The number of benzene rings is 1. The van der Waals surface area contributed by atoms with Crippen LogP contribution in [-0.2, 0) is 4.79 Å². The molecule has 0 unspecified atom stereocenters. The van der Waals surface area contributed by atoms with Crippen molar-refractivity contribution in [1.29, 1.82) is 0 Å². The van der Waals surface area contributed by atoms with Crippen molar-refractivity contribution >= 4 is 22.4 Å². The summed E-state index contributed by atoms with van der Waals surface area (Å²) in [5.41, 5.74) is 0.718. The zero-order valence-corrected chi connectivity index (χ0v) is 9.43. The fourth-order valence-electron chi connectivity index (χ4n) is 1.58. The summed E-state index contributed by atoms with van der Waals surface area (Å²) in [7, 11) is 1.58. The van der Waals surface area contributed by atoms with Gasteiger partial charge in [0.2, 0.25) is 11.8 Å². The number of methoxy groups -OCH3 is 1. The number of rotatable bonds is 3. The predicted octanol–water partition coefficient (Wildman–Crippen LogP) is 2.37. The molecule has 0 aliphatic rings. The molecule has 0 saturated heterocycles. The first kappa shape index (κ1) is 11.1. The highest BCUT2D eigenvalue weighted by atomic mass is 16.5.